The summed E-state index contributed by atoms with van der Waals surface area (Å²) in [5.41, 5.74) is 3.02. The SMILES string of the molecule is CCCn1c(C)nc2cc(N3Cc4cnn(C)c4C3)nc(-c3ccc(Cl)cc3F)c2c1=O. The van der Waals surface area contributed by atoms with Crippen LogP contribution in [0.5, 0.6) is 0 Å². The highest BCUT2D eigenvalue weighted by Crippen LogP contribution is 2.33. The van der Waals surface area contributed by atoms with Gasteiger partial charge in [-0.25, -0.2) is 14.4 Å². The molecule has 4 heterocycles. The predicted molar refractivity (Wildman–Crippen MR) is 122 cm³/mol. The molecule has 0 fully saturated rings. The van der Waals surface area contributed by atoms with E-state index in [1.54, 1.807) is 16.7 Å². The van der Waals surface area contributed by atoms with Crippen LogP contribution in [0.3, 0.4) is 0 Å². The molecule has 1 aromatic carbocycles. The maximum Gasteiger partial charge on any atom is 0.263 e. The Balaban J connectivity index is 1.76. The minimum atomic E-state index is -0.528. The number of anilines is 1. The van der Waals surface area contributed by atoms with Crippen LogP contribution in [0.4, 0.5) is 10.2 Å². The quantitative estimate of drug-likeness (QED) is 0.463. The van der Waals surface area contributed by atoms with Crippen LogP contribution in [-0.2, 0) is 26.7 Å². The third kappa shape index (κ3) is 3.26. The molecule has 7 nitrogen and oxygen atoms in total. The van der Waals surface area contributed by atoms with E-state index < -0.39 is 5.82 Å². The van der Waals surface area contributed by atoms with E-state index in [-0.39, 0.29) is 21.8 Å². The summed E-state index contributed by atoms with van der Waals surface area (Å²) >= 11 is 5.97. The van der Waals surface area contributed by atoms with Gasteiger partial charge in [-0.05, 0) is 31.5 Å². The zero-order chi connectivity index (χ0) is 22.6. The summed E-state index contributed by atoms with van der Waals surface area (Å²) in [6.07, 6.45) is 2.63. The van der Waals surface area contributed by atoms with Gasteiger partial charge in [0.15, 0.2) is 0 Å². The predicted octanol–water partition coefficient (Wildman–Crippen LogP) is 4.22. The molecule has 0 saturated heterocycles. The van der Waals surface area contributed by atoms with Crippen LogP contribution in [0.15, 0.2) is 35.3 Å². The maximum atomic E-state index is 15.0. The Kier molecular flexibility index (Phi) is 4.97. The molecule has 0 radical (unpaired) electrons. The van der Waals surface area contributed by atoms with E-state index in [0.29, 0.717) is 42.2 Å². The van der Waals surface area contributed by atoms with Crippen molar-refractivity contribution < 1.29 is 4.39 Å². The Labute approximate surface area is 189 Å². The number of aryl methyl sites for hydroxylation is 2. The van der Waals surface area contributed by atoms with E-state index in [1.807, 2.05) is 37.8 Å². The largest absolute Gasteiger partial charge is 0.346 e. The fraction of sp³-hybridized carbons (Fsp3) is 0.304. The van der Waals surface area contributed by atoms with Gasteiger partial charge in [0.05, 0.1) is 35.0 Å². The van der Waals surface area contributed by atoms with Gasteiger partial charge in [-0.1, -0.05) is 18.5 Å². The number of pyridine rings is 1. The van der Waals surface area contributed by atoms with E-state index in [9.17, 15) is 9.18 Å². The third-order valence-electron chi connectivity index (χ3n) is 5.92. The van der Waals surface area contributed by atoms with Gasteiger partial charge in [0.1, 0.15) is 17.5 Å². The van der Waals surface area contributed by atoms with Crippen molar-refractivity contribution in [3.8, 4) is 11.3 Å². The number of halogens is 2. The number of nitrogens with zero attached hydrogens (tertiary/aromatic N) is 6. The summed E-state index contributed by atoms with van der Waals surface area (Å²) in [5, 5.41) is 4.90. The minimum Gasteiger partial charge on any atom is -0.346 e. The summed E-state index contributed by atoms with van der Waals surface area (Å²) in [6.45, 7) is 5.61. The van der Waals surface area contributed by atoms with Gasteiger partial charge < -0.3 is 4.90 Å². The van der Waals surface area contributed by atoms with Crippen LogP contribution in [0.1, 0.15) is 30.4 Å². The molecule has 0 amide bonds. The molecular weight excluding hydrogens is 431 g/mol. The zero-order valence-electron chi connectivity index (χ0n) is 18.1. The number of benzene rings is 1. The first-order chi connectivity index (χ1) is 15.4. The number of hydrogen-bond donors (Lipinski definition) is 0. The highest BCUT2D eigenvalue weighted by molar-refractivity contribution is 6.30. The van der Waals surface area contributed by atoms with Crippen LogP contribution < -0.4 is 10.5 Å². The van der Waals surface area contributed by atoms with Crippen molar-refractivity contribution >= 4 is 28.3 Å². The molecule has 3 aromatic heterocycles. The second-order valence-electron chi connectivity index (χ2n) is 8.06. The second kappa shape index (κ2) is 7.70. The molecule has 1 aliphatic rings. The van der Waals surface area contributed by atoms with Crippen LogP contribution in [0.25, 0.3) is 22.2 Å². The lowest BCUT2D eigenvalue weighted by molar-refractivity contribution is 0.624. The van der Waals surface area contributed by atoms with E-state index in [0.717, 1.165) is 17.7 Å². The average Bonchev–Trinajstić information content (AvgIpc) is 3.32. The van der Waals surface area contributed by atoms with Gasteiger partial charge >= 0.3 is 0 Å². The Morgan fingerprint density at radius 1 is 1.19 bits per heavy atom. The minimum absolute atomic E-state index is 0.216. The van der Waals surface area contributed by atoms with E-state index in [4.69, 9.17) is 21.6 Å². The summed E-state index contributed by atoms with van der Waals surface area (Å²) in [4.78, 5) is 25.0. The van der Waals surface area contributed by atoms with Crippen molar-refractivity contribution in [3.05, 3.63) is 68.7 Å². The fourth-order valence-corrected chi connectivity index (χ4v) is 4.47. The Bertz CT molecular complexity index is 1430. The summed E-state index contributed by atoms with van der Waals surface area (Å²) in [7, 11) is 1.91. The topological polar surface area (TPSA) is 68.8 Å². The highest BCUT2D eigenvalue weighted by atomic mass is 35.5. The normalized spacial score (nSPS) is 13.2. The molecule has 164 valence electrons. The summed E-state index contributed by atoms with van der Waals surface area (Å²) < 4.78 is 18.4. The molecule has 5 rings (SSSR count). The van der Waals surface area contributed by atoms with Crippen LogP contribution in [0, 0.1) is 12.7 Å². The Morgan fingerprint density at radius 2 is 2.00 bits per heavy atom. The molecule has 0 N–H and O–H groups in total. The molecule has 0 atom stereocenters. The molecular formula is C23H22ClFN6O. The van der Waals surface area contributed by atoms with E-state index in [1.165, 1.54) is 6.07 Å². The second-order valence-corrected chi connectivity index (χ2v) is 8.50. The van der Waals surface area contributed by atoms with Gasteiger partial charge in [-0.2, -0.15) is 5.10 Å². The molecule has 32 heavy (non-hydrogen) atoms. The number of rotatable bonds is 4. The zero-order valence-corrected chi connectivity index (χ0v) is 18.8. The van der Waals surface area contributed by atoms with Crippen molar-refractivity contribution in [2.24, 2.45) is 7.05 Å². The van der Waals surface area contributed by atoms with Gasteiger partial charge in [0, 0.05) is 42.4 Å². The van der Waals surface area contributed by atoms with Gasteiger partial charge in [0.25, 0.3) is 5.56 Å². The number of aromatic nitrogens is 5. The lowest BCUT2D eigenvalue weighted by Gasteiger charge is -2.20. The van der Waals surface area contributed by atoms with Crippen molar-refractivity contribution in [2.45, 2.75) is 39.9 Å². The van der Waals surface area contributed by atoms with Gasteiger partial charge in [0.2, 0.25) is 0 Å². The summed E-state index contributed by atoms with van der Waals surface area (Å²) in [5.74, 6) is 0.731. The molecule has 4 aromatic rings. The molecule has 9 heteroatoms. The lowest BCUT2D eigenvalue weighted by atomic mass is 10.1. The van der Waals surface area contributed by atoms with Crippen molar-refractivity contribution in [3.63, 3.8) is 0 Å². The monoisotopic (exact) mass is 452 g/mol. The first-order valence-electron chi connectivity index (χ1n) is 10.5. The van der Waals surface area contributed by atoms with Crippen LogP contribution >= 0.6 is 11.6 Å². The fourth-order valence-electron chi connectivity index (χ4n) is 4.31. The average molecular weight is 453 g/mol. The molecule has 0 unspecified atom stereocenters. The molecule has 1 aliphatic heterocycles. The standard InChI is InChI=1S/C23H22ClFN6O/c1-4-7-31-13(2)27-18-9-20(30-11-14-10-26-29(3)19(14)12-30)28-22(21(18)23(31)32)16-6-5-15(24)8-17(16)25/h5-6,8-10H,4,7,11-12H2,1-3H3. The van der Waals surface area contributed by atoms with Gasteiger partial charge in [-0.3, -0.25) is 14.0 Å². The van der Waals surface area contributed by atoms with Crippen molar-refractivity contribution in [1.29, 1.82) is 0 Å². The van der Waals surface area contributed by atoms with Crippen LogP contribution in [-0.4, -0.2) is 24.3 Å². The summed E-state index contributed by atoms with van der Waals surface area (Å²) in [6, 6.07) is 6.22. The van der Waals surface area contributed by atoms with Crippen molar-refractivity contribution in [1.82, 2.24) is 24.3 Å². The molecule has 0 bridgehead atoms. The maximum absolute atomic E-state index is 15.0. The third-order valence-corrected chi connectivity index (χ3v) is 6.16. The Morgan fingerprint density at radius 3 is 2.72 bits per heavy atom. The Hall–Kier alpha value is -3.26. The number of hydrogen-bond acceptors (Lipinski definition) is 5. The number of fused-ring (bicyclic) bond motifs is 2. The highest BCUT2D eigenvalue weighted by Gasteiger charge is 2.26. The van der Waals surface area contributed by atoms with Crippen LogP contribution in [0.2, 0.25) is 5.02 Å². The molecule has 0 spiro atoms. The molecule has 0 aliphatic carbocycles. The molecule has 0 saturated carbocycles. The first-order valence-corrected chi connectivity index (χ1v) is 10.9. The lowest BCUT2D eigenvalue weighted by Crippen LogP contribution is -2.25. The van der Waals surface area contributed by atoms with Gasteiger partial charge in [-0.15, -0.1) is 0 Å². The smallest absolute Gasteiger partial charge is 0.263 e. The first kappa shape index (κ1) is 20.6. The van der Waals surface area contributed by atoms with Crippen molar-refractivity contribution in [2.75, 3.05) is 4.90 Å². The van der Waals surface area contributed by atoms with E-state index >= 15 is 0 Å². The van der Waals surface area contributed by atoms with E-state index in [2.05, 4.69) is 10.00 Å².